The minimum atomic E-state index is -0.624. The number of rotatable bonds is 5. The van der Waals surface area contributed by atoms with Crippen LogP contribution in [0.2, 0.25) is 0 Å². The zero-order chi connectivity index (χ0) is 13.0. The number of carbonyl (C=O) groups is 1. The molecule has 1 N–H and O–H groups in total. The standard InChI is InChI=1S/C14H26N2O2/c1-2-14(13(17)18)7-6-10-16(14)12-11-15-8-4-3-5-9-15/h2-12H2,1H3,(H,17,18). The van der Waals surface area contributed by atoms with Crippen LogP contribution in [0.5, 0.6) is 0 Å². The highest BCUT2D eigenvalue weighted by Gasteiger charge is 2.45. The fourth-order valence-corrected chi connectivity index (χ4v) is 3.50. The Morgan fingerprint density at radius 1 is 1.11 bits per heavy atom. The van der Waals surface area contributed by atoms with E-state index in [0.717, 1.165) is 38.9 Å². The van der Waals surface area contributed by atoms with Gasteiger partial charge in [0.2, 0.25) is 0 Å². The topological polar surface area (TPSA) is 43.8 Å². The van der Waals surface area contributed by atoms with Gasteiger partial charge in [-0.05, 0) is 51.7 Å². The van der Waals surface area contributed by atoms with Crippen molar-refractivity contribution in [2.45, 2.75) is 51.0 Å². The van der Waals surface area contributed by atoms with E-state index < -0.39 is 11.5 Å². The molecule has 2 rings (SSSR count). The predicted molar refractivity (Wildman–Crippen MR) is 71.8 cm³/mol. The zero-order valence-corrected chi connectivity index (χ0v) is 11.5. The number of aliphatic carboxylic acids is 1. The molecule has 0 aromatic carbocycles. The van der Waals surface area contributed by atoms with Crippen LogP contribution in [0.4, 0.5) is 0 Å². The van der Waals surface area contributed by atoms with Gasteiger partial charge < -0.3 is 10.0 Å². The van der Waals surface area contributed by atoms with E-state index in [1.807, 2.05) is 6.92 Å². The molecule has 0 aromatic heterocycles. The minimum absolute atomic E-state index is 0.574. The van der Waals surface area contributed by atoms with Gasteiger partial charge in [0.05, 0.1) is 0 Å². The lowest BCUT2D eigenvalue weighted by Crippen LogP contribution is -2.52. The summed E-state index contributed by atoms with van der Waals surface area (Å²) < 4.78 is 0. The van der Waals surface area contributed by atoms with E-state index in [2.05, 4.69) is 9.80 Å². The summed E-state index contributed by atoms with van der Waals surface area (Å²) in [5.74, 6) is -0.624. The summed E-state index contributed by atoms with van der Waals surface area (Å²) in [7, 11) is 0. The first kappa shape index (κ1) is 13.8. The molecule has 0 spiro atoms. The molecular formula is C14H26N2O2. The normalized spacial score (nSPS) is 30.7. The molecule has 4 heteroatoms. The van der Waals surface area contributed by atoms with Gasteiger partial charge in [0, 0.05) is 13.1 Å². The third-order valence-electron chi connectivity index (χ3n) is 4.74. The quantitative estimate of drug-likeness (QED) is 0.812. The molecule has 104 valence electrons. The molecule has 1 unspecified atom stereocenters. The average molecular weight is 254 g/mol. The van der Waals surface area contributed by atoms with E-state index in [1.54, 1.807) is 0 Å². The summed E-state index contributed by atoms with van der Waals surface area (Å²) in [6.45, 7) is 7.30. The highest BCUT2D eigenvalue weighted by Crippen LogP contribution is 2.32. The molecule has 2 aliphatic rings. The molecule has 2 saturated heterocycles. The van der Waals surface area contributed by atoms with E-state index in [0.29, 0.717) is 0 Å². The van der Waals surface area contributed by atoms with Crippen molar-refractivity contribution in [1.82, 2.24) is 9.80 Å². The maximum absolute atomic E-state index is 11.6. The van der Waals surface area contributed by atoms with E-state index >= 15 is 0 Å². The van der Waals surface area contributed by atoms with Gasteiger partial charge in [-0.15, -0.1) is 0 Å². The first-order valence-electron chi connectivity index (χ1n) is 7.40. The van der Waals surface area contributed by atoms with Crippen LogP contribution in [0, 0.1) is 0 Å². The number of likely N-dealkylation sites (tertiary alicyclic amines) is 2. The Labute approximate surface area is 110 Å². The van der Waals surface area contributed by atoms with Gasteiger partial charge in [0.1, 0.15) is 5.54 Å². The monoisotopic (exact) mass is 254 g/mol. The SMILES string of the molecule is CCC1(C(=O)O)CCCN1CCN1CCCCC1. The van der Waals surface area contributed by atoms with Crippen LogP contribution >= 0.6 is 0 Å². The summed E-state index contributed by atoms with van der Waals surface area (Å²) in [4.78, 5) is 16.3. The first-order valence-corrected chi connectivity index (χ1v) is 7.40. The molecule has 1 atom stereocenters. The molecule has 2 aliphatic heterocycles. The van der Waals surface area contributed by atoms with Crippen molar-refractivity contribution in [3.8, 4) is 0 Å². The van der Waals surface area contributed by atoms with Crippen LogP contribution < -0.4 is 0 Å². The van der Waals surface area contributed by atoms with Gasteiger partial charge in [0.15, 0.2) is 0 Å². The smallest absolute Gasteiger partial charge is 0.324 e. The third-order valence-corrected chi connectivity index (χ3v) is 4.74. The van der Waals surface area contributed by atoms with E-state index in [9.17, 15) is 9.90 Å². The third kappa shape index (κ3) is 2.69. The molecule has 4 nitrogen and oxygen atoms in total. The van der Waals surface area contributed by atoms with Crippen LogP contribution in [0.25, 0.3) is 0 Å². The van der Waals surface area contributed by atoms with E-state index in [4.69, 9.17) is 0 Å². The number of nitrogens with zero attached hydrogens (tertiary/aromatic N) is 2. The lowest BCUT2D eigenvalue weighted by atomic mass is 9.93. The molecule has 0 radical (unpaired) electrons. The van der Waals surface area contributed by atoms with Crippen molar-refractivity contribution >= 4 is 5.97 Å². The number of hydrogen-bond donors (Lipinski definition) is 1. The summed E-state index contributed by atoms with van der Waals surface area (Å²) in [6, 6.07) is 0. The zero-order valence-electron chi connectivity index (χ0n) is 11.5. The van der Waals surface area contributed by atoms with Crippen LogP contribution in [-0.4, -0.2) is 59.1 Å². The molecule has 0 aliphatic carbocycles. The first-order chi connectivity index (χ1) is 8.69. The molecule has 0 amide bonds. The molecular weight excluding hydrogens is 228 g/mol. The molecule has 2 heterocycles. The second-order valence-electron chi connectivity index (χ2n) is 5.68. The maximum Gasteiger partial charge on any atom is 0.324 e. The van der Waals surface area contributed by atoms with Gasteiger partial charge in [-0.3, -0.25) is 9.69 Å². The number of piperidine rings is 1. The fourth-order valence-electron chi connectivity index (χ4n) is 3.50. The second-order valence-corrected chi connectivity index (χ2v) is 5.68. The highest BCUT2D eigenvalue weighted by molar-refractivity contribution is 5.79. The summed E-state index contributed by atoms with van der Waals surface area (Å²) >= 11 is 0. The average Bonchev–Trinajstić information content (AvgIpc) is 2.81. The Balaban J connectivity index is 1.89. The molecule has 18 heavy (non-hydrogen) atoms. The van der Waals surface area contributed by atoms with Crippen molar-refractivity contribution in [3.05, 3.63) is 0 Å². The summed E-state index contributed by atoms with van der Waals surface area (Å²) in [6.07, 6.45) is 6.53. The minimum Gasteiger partial charge on any atom is -0.480 e. The molecule has 2 fully saturated rings. The van der Waals surface area contributed by atoms with Gasteiger partial charge in [-0.25, -0.2) is 0 Å². The molecule has 0 aromatic rings. The van der Waals surface area contributed by atoms with Crippen LogP contribution in [-0.2, 0) is 4.79 Å². The van der Waals surface area contributed by atoms with E-state index in [-0.39, 0.29) is 0 Å². The largest absolute Gasteiger partial charge is 0.480 e. The summed E-state index contributed by atoms with van der Waals surface area (Å²) in [5, 5.41) is 9.52. The van der Waals surface area contributed by atoms with Crippen molar-refractivity contribution in [3.63, 3.8) is 0 Å². The Morgan fingerprint density at radius 2 is 1.83 bits per heavy atom. The maximum atomic E-state index is 11.6. The van der Waals surface area contributed by atoms with Crippen molar-refractivity contribution < 1.29 is 9.90 Å². The lowest BCUT2D eigenvalue weighted by Gasteiger charge is -2.36. The number of carboxylic acid groups (broad SMARTS) is 1. The van der Waals surface area contributed by atoms with Crippen LogP contribution in [0.1, 0.15) is 45.4 Å². The van der Waals surface area contributed by atoms with Gasteiger partial charge in [-0.2, -0.15) is 0 Å². The molecule has 0 saturated carbocycles. The number of hydrogen-bond acceptors (Lipinski definition) is 3. The van der Waals surface area contributed by atoms with Crippen molar-refractivity contribution in [1.29, 1.82) is 0 Å². The van der Waals surface area contributed by atoms with Gasteiger partial charge in [-0.1, -0.05) is 13.3 Å². The van der Waals surface area contributed by atoms with Gasteiger partial charge >= 0.3 is 5.97 Å². The van der Waals surface area contributed by atoms with E-state index in [1.165, 1.54) is 32.4 Å². The van der Waals surface area contributed by atoms with Crippen LogP contribution in [0.15, 0.2) is 0 Å². The molecule has 0 bridgehead atoms. The Morgan fingerprint density at radius 3 is 2.44 bits per heavy atom. The lowest BCUT2D eigenvalue weighted by molar-refractivity contribution is -0.150. The van der Waals surface area contributed by atoms with Crippen LogP contribution in [0.3, 0.4) is 0 Å². The Kier molecular flexibility index (Phi) is 4.62. The summed E-state index contributed by atoms with van der Waals surface area (Å²) in [5.41, 5.74) is -0.574. The van der Waals surface area contributed by atoms with Crippen molar-refractivity contribution in [2.24, 2.45) is 0 Å². The highest BCUT2D eigenvalue weighted by atomic mass is 16.4. The van der Waals surface area contributed by atoms with Crippen molar-refractivity contribution in [2.75, 3.05) is 32.7 Å². The van der Waals surface area contributed by atoms with Gasteiger partial charge in [0.25, 0.3) is 0 Å². The number of carboxylic acids is 1. The Bertz CT molecular complexity index is 290. The predicted octanol–water partition coefficient (Wildman–Crippen LogP) is 1.80. The second kappa shape index (κ2) is 6.02. The fraction of sp³-hybridized carbons (Fsp3) is 0.929. The Hall–Kier alpha value is -0.610.